The van der Waals surface area contributed by atoms with Crippen LogP contribution in [0.5, 0.6) is 0 Å². The van der Waals surface area contributed by atoms with E-state index < -0.39 is 27.4 Å². The van der Waals surface area contributed by atoms with Gasteiger partial charge in [-0.3, -0.25) is 10.1 Å². The molecule has 2 heterocycles. The highest BCUT2D eigenvalue weighted by Gasteiger charge is 2.42. The highest BCUT2D eigenvalue weighted by Crippen LogP contribution is 2.27. The third kappa shape index (κ3) is 2.36. The van der Waals surface area contributed by atoms with Crippen LogP contribution in [0.2, 0.25) is 0 Å². The van der Waals surface area contributed by atoms with Crippen molar-refractivity contribution < 1.29 is 23.1 Å². The molecule has 2 aliphatic heterocycles. The molecular formula is C9H15NO5S. The first-order chi connectivity index (χ1) is 7.43. The molecule has 2 saturated heterocycles. The summed E-state index contributed by atoms with van der Waals surface area (Å²) in [5.74, 6) is -0.738. The van der Waals surface area contributed by atoms with Gasteiger partial charge in [-0.1, -0.05) is 0 Å². The van der Waals surface area contributed by atoms with Crippen LogP contribution in [-0.4, -0.2) is 55.8 Å². The predicted octanol–water partition coefficient (Wildman–Crippen LogP) is -0.993. The van der Waals surface area contributed by atoms with Crippen LogP contribution in [0.1, 0.15) is 12.8 Å². The summed E-state index contributed by atoms with van der Waals surface area (Å²) in [6, 6.07) is -0.727. The standard InChI is InChI=1S/C9H15NO5S/c11-8(12)7-5-15-6-9(10-7)1-3-16(13,14)4-2-9/h7,10H,1-6H2,(H,11,12). The van der Waals surface area contributed by atoms with Gasteiger partial charge in [0.1, 0.15) is 15.9 Å². The molecule has 1 unspecified atom stereocenters. The van der Waals surface area contributed by atoms with Crippen LogP contribution in [0.4, 0.5) is 0 Å². The Balaban J connectivity index is 2.06. The third-order valence-electron chi connectivity index (χ3n) is 3.22. The van der Waals surface area contributed by atoms with Crippen LogP contribution in [0.25, 0.3) is 0 Å². The molecule has 0 aromatic heterocycles. The van der Waals surface area contributed by atoms with Crippen molar-refractivity contribution in [1.29, 1.82) is 0 Å². The molecule has 6 nitrogen and oxygen atoms in total. The molecular weight excluding hydrogens is 234 g/mol. The largest absolute Gasteiger partial charge is 0.480 e. The number of hydrogen-bond acceptors (Lipinski definition) is 5. The van der Waals surface area contributed by atoms with E-state index in [0.717, 1.165) is 0 Å². The van der Waals surface area contributed by atoms with Gasteiger partial charge < -0.3 is 9.84 Å². The van der Waals surface area contributed by atoms with Crippen LogP contribution < -0.4 is 5.32 Å². The Bertz CT molecular complexity index is 377. The Morgan fingerprint density at radius 1 is 1.38 bits per heavy atom. The maximum Gasteiger partial charge on any atom is 0.323 e. The van der Waals surface area contributed by atoms with Crippen molar-refractivity contribution in [2.75, 3.05) is 24.7 Å². The summed E-state index contributed by atoms with van der Waals surface area (Å²) in [4.78, 5) is 10.8. The van der Waals surface area contributed by atoms with Crippen LogP contribution in [0.3, 0.4) is 0 Å². The lowest BCUT2D eigenvalue weighted by atomic mass is 9.91. The van der Waals surface area contributed by atoms with Crippen LogP contribution >= 0.6 is 0 Å². The third-order valence-corrected chi connectivity index (χ3v) is 4.88. The Kier molecular flexibility index (Phi) is 2.93. The molecule has 92 valence electrons. The second-order valence-corrected chi connectivity index (χ2v) is 6.79. The fraction of sp³-hybridized carbons (Fsp3) is 0.889. The fourth-order valence-corrected chi connectivity index (χ4v) is 3.78. The Morgan fingerprint density at radius 2 is 2.00 bits per heavy atom. The van der Waals surface area contributed by atoms with Gasteiger partial charge in [0.2, 0.25) is 0 Å². The SMILES string of the molecule is O=C(O)C1COCC2(CCS(=O)(=O)CC2)N1. The molecule has 2 N–H and O–H groups in total. The lowest BCUT2D eigenvalue weighted by Crippen LogP contribution is -2.63. The minimum absolute atomic E-state index is 0.107. The van der Waals surface area contributed by atoms with E-state index in [4.69, 9.17) is 9.84 Å². The van der Waals surface area contributed by atoms with Crippen molar-refractivity contribution in [1.82, 2.24) is 5.32 Å². The Morgan fingerprint density at radius 3 is 2.56 bits per heavy atom. The van der Waals surface area contributed by atoms with Crippen LogP contribution in [0.15, 0.2) is 0 Å². The number of rotatable bonds is 1. The summed E-state index contributed by atoms with van der Waals surface area (Å²) < 4.78 is 27.9. The normalized spacial score (nSPS) is 32.4. The second kappa shape index (κ2) is 3.97. The predicted molar refractivity (Wildman–Crippen MR) is 56.0 cm³/mol. The molecule has 2 aliphatic rings. The molecule has 0 radical (unpaired) electrons. The number of nitrogens with one attached hydrogen (secondary N) is 1. The molecule has 0 aliphatic carbocycles. The lowest BCUT2D eigenvalue weighted by Gasteiger charge is -2.43. The number of sulfone groups is 1. The van der Waals surface area contributed by atoms with Gasteiger partial charge in [0.25, 0.3) is 0 Å². The van der Waals surface area contributed by atoms with E-state index in [2.05, 4.69) is 5.32 Å². The smallest absolute Gasteiger partial charge is 0.323 e. The number of morpholine rings is 1. The van der Waals surface area contributed by atoms with Gasteiger partial charge >= 0.3 is 5.97 Å². The quantitative estimate of drug-likeness (QED) is 0.619. The molecule has 0 amide bonds. The number of carbonyl (C=O) groups is 1. The van der Waals surface area contributed by atoms with Gasteiger partial charge in [-0.2, -0.15) is 0 Å². The monoisotopic (exact) mass is 249 g/mol. The van der Waals surface area contributed by atoms with Crippen molar-refractivity contribution in [3.05, 3.63) is 0 Å². The summed E-state index contributed by atoms with van der Waals surface area (Å²) in [7, 11) is -2.94. The zero-order chi connectivity index (χ0) is 11.8. The lowest BCUT2D eigenvalue weighted by molar-refractivity contribution is -0.145. The number of hydrogen-bond donors (Lipinski definition) is 2. The van der Waals surface area contributed by atoms with Crippen LogP contribution in [0, 0.1) is 0 Å². The number of carboxylic acids is 1. The zero-order valence-electron chi connectivity index (χ0n) is 8.81. The summed E-state index contributed by atoms with van der Waals surface area (Å²) in [6.07, 6.45) is 0.859. The topological polar surface area (TPSA) is 92.7 Å². The van der Waals surface area contributed by atoms with E-state index in [-0.39, 0.29) is 18.1 Å². The first-order valence-electron chi connectivity index (χ1n) is 5.21. The van der Waals surface area contributed by atoms with Gasteiger partial charge in [-0.15, -0.1) is 0 Å². The summed E-state index contributed by atoms with van der Waals surface area (Å²) >= 11 is 0. The van der Waals surface area contributed by atoms with Crippen molar-refractivity contribution in [2.24, 2.45) is 0 Å². The molecule has 2 fully saturated rings. The molecule has 0 saturated carbocycles. The molecule has 0 aromatic rings. The summed E-state index contributed by atoms with van der Waals surface area (Å²) in [5.41, 5.74) is -0.466. The number of carboxylic acid groups (broad SMARTS) is 1. The van der Waals surface area contributed by atoms with E-state index in [1.807, 2.05) is 0 Å². The van der Waals surface area contributed by atoms with Gasteiger partial charge in [0.15, 0.2) is 0 Å². The Labute approximate surface area is 93.9 Å². The zero-order valence-corrected chi connectivity index (χ0v) is 9.62. The van der Waals surface area contributed by atoms with E-state index in [1.54, 1.807) is 0 Å². The fourth-order valence-electron chi connectivity index (χ4n) is 2.18. The van der Waals surface area contributed by atoms with Crippen molar-refractivity contribution in [2.45, 2.75) is 24.4 Å². The molecule has 2 rings (SSSR count). The maximum absolute atomic E-state index is 11.3. The highest BCUT2D eigenvalue weighted by atomic mass is 32.2. The van der Waals surface area contributed by atoms with E-state index in [9.17, 15) is 13.2 Å². The van der Waals surface area contributed by atoms with E-state index >= 15 is 0 Å². The number of aliphatic carboxylic acids is 1. The minimum atomic E-state index is -2.94. The van der Waals surface area contributed by atoms with Crippen molar-refractivity contribution >= 4 is 15.8 Å². The molecule has 1 atom stereocenters. The first kappa shape index (κ1) is 11.8. The van der Waals surface area contributed by atoms with Gasteiger partial charge in [-0.25, -0.2) is 8.42 Å². The molecule has 0 aromatic carbocycles. The molecule has 16 heavy (non-hydrogen) atoms. The van der Waals surface area contributed by atoms with Gasteiger partial charge in [0.05, 0.1) is 24.7 Å². The summed E-state index contributed by atoms with van der Waals surface area (Å²) in [5, 5.41) is 11.9. The maximum atomic E-state index is 11.3. The van der Waals surface area contributed by atoms with Gasteiger partial charge in [-0.05, 0) is 12.8 Å². The summed E-state index contributed by atoms with van der Waals surface area (Å²) in [6.45, 7) is 0.538. The molecule has 1 spiro atoms. The molecule has 0 bridgehead atoms. The first-order valence-corrected chi connectivity index (χ1v) is 7.03. The van der Waals surface area contributed by atoms with Crippen molar-refractivity contribution in [3.63, 3.8) is 0 Å². The second-order valence-electron chi connectivity index (χ2n) is 4.48. The molecule has 7 heteroatoms. The average Bonchev–Trinajstić information content (AvgIpc) is 2.24. The minimum Gasteiger partial charge on any atom is -0.480 e. The number of ether oxygens (including phenoxy) is 1. The van der Waals surface area contributed by atoms with Crippen molar-refractivity contribution in [3.8, 4) is 0 Å². The highest BCUT2D eigenvalue weighted by molar-refractivity contribution is 7.91. The van der Waals surface area contributed by atoms with Crippen LogP contribution in [-0.2, 0) is 19.4 Å². The Hall–Kier alpha value is -0.660. The van der Waals surface area contributed by atoms with E-state index in [1.165, 1.54) is 0 Å². The van der Waals surface area contributed by atoms with E-state index in [0.29, 0.717) is 19.4 Å². The van der Waals surface area contributed by atoms with Gasteiger partial charge in [0, 0.05) is 5.54 Å². The average molecular weight is 249 g/mol.